The van der Waals surface area contributed by atoms with Crippen molar-refractivity contribution in [3.05, 3.63) is 166 Å². The van der Waals surface area contributed by atoms with Gasteiger partial charge in [0.15, 0.2) is 0 Å². The largest absolute Gasteiger partial charge is 0.480 e. The maximum Gasteiger partial charge on any atom is 0.323 e. The highest BCUT2D eigenvalue weighted by Gasteiger charge is 2.51. The predicted octanol–water partition coefficient (Wildman–Crippen LogP) is 8.82. The lowest BCUT2D eigenvalue weighted by molar-refractivity contribution is -0.141. The number of aryl methyl sites for hydroxylation is 6. The fourth-order valence-corrected chi connectivity index (χ4v) is 13.2. The van der Waals surface area contributed by atoms with Crippen LogP contribution in [0.25, 0.3) is 44.1 Å². The zero-order valence-corrected chi connectivity index (χ0v) is 50.5. The molecule has 4 aromatic heterocycles. The van der Waals surface area contributed by atoms with Gasteiger partial charge in [0.25, 0.3) is 11.8 Å². The van der Waals surface area contributed by atoms with Gasteiger partial charge in [0, 0.05) is 80.0 Å². The van der Waals surface area contributed by atoms with Gasteiger partial charge in [-0.15, -0.1) is 12.4 Å². The summed E-state index contributed by atoms with van der Waals surface area (Å²) >= 11 is 7.33. The molecule has 17 nitrogen and oxygen atoms in total. The second-order valence-corrected chi connectivity index (χ2v) is 22.6. The standard InChI is InChI=1S/C32H31N5O3.C19H16N2O3.C13H17N3O.ClH.S2.H2S/c1-18-3-2-4-28(34-18)35-32(40)30-23-9-11-24(14-23)37(30)29(38)17-36-16-26(31(33)39)25-15-22(10-12-27(25)36)21-8-6-19-5-7-20(19)13-21;20-19(24)16-9-21(10-18(22)23)17-6-5-14(8-15(16)17)13-4-2-11-1-3-12(11)7-13;1-8-3-2-4-11(14-8)16-13(17)12-9-5-6-10(7-9)15-12;;1-2;/h2-4,6,8,10,12-13,15-16,23-24,30H,5,7,9,11,14,17H2,1H3,(H2,33,39)(H,34,35,40);2,4-9H,1,3,10H2,(H2,20,24)(H,22,23);2-4,9-10,12,15H,5-7H2,1H3,(H,14,16,17);1H;;1H2/t23?,24?,30-;;9?,10?,12-;;;/m0.0.../s1. The number of benzene rings is 4. The molecule has 2 aliphatic heterocycles. The van der Waals surface area contributed by atoms with E-state index in [-0.39, 0.29) is 74.7 Å². The number of carbonyl (C=O) groups excluding carboxylic acids is 5. The molecule has 2 saturated carbocycles. The van der Waals surface area contributed by atoms with Crippen LogP contribution in [0.3, 0.4) is 0 Å². The Labute approximate surface area is 515 Å². The number of anilines is 2. The highest BCUT2D eigenvalue weighted by molar-refractivity contribution is 8.07. The number of hydrogen-bond donors (Lipinski definition) is 6. The molecule has 6 aliphatic rings. The van der Waals surface area contributed by atoms with E-state index >= 15 is 0 Å². The van der Waals surface area contributed by atoms with Crippen molar-refractivity contribution in [2.75, 3.05) is 10.6 Å². The third-order valence-corrected chi connectivity index (χ3v) is 17.4. The third-order valence-electron chi connectivity index (χ3n) is 17.4. The Balaban J connectivity index is 0.000000163. The quantitative estimate of drug-likeness (QED) is 0.0672. The number of pyridine rings is 2. The number of aliphatic carboxylic acids is 1. The first kappa shape index (κ1) is 61.7. The van der Waals surface area contributed by atoms with Crippen molar-refractivity contribution in [2.24, 2.45) is 23.3 Å². The topological polar surface area (TPSA) is 250 Å². The number of piperidine rings is 2. The minimum absolute atomic E-state index is 0. The molecule has 85 heavy (non-hydrogen) atoms. The molecule has 5 amide bonds. The lowest BCUT2D eigenvalue weighted by atomic mass is 9.86. The number of carbonyl (C=O) groups is 6. The van der Waals surface area contributed by atoms with Gasteiger partial charge in [-0.25, -0.2) is 9.97 Å². The van der Waals surface area contributed by atoms with Gasteiger partial charge < -0.3 is 46.6 Å². The predicted molar refractivity (Wildman–Crippen MR) is 342 cm³/mol. The Morgan fingerprint density at radius 2 is 1.08 bits per heavy atom. The summed E-state index contributed by atoms with van der Waals surface area (Å²) in [5.41, 5.74) is 24.9. The van der Waals surface area contributed by atoms with E-state index in [9.17, 15) is 28.8 Å². The van der Waals surface area contributed by atoms with Crippen molar-refractivity contribution in [3.63, 3.8) is 0 Å². The highest BCUT2D eigenvalue weighted by Crippen LogP contribution is 2.44. The van der Waals surface area contributed by atoms with Crippen molar-refractivity contribution in [1.29, 1.82) is 0 Å². The fourth-order valence-electron chi connectivity index (χ4n) is 13.2. The number of aromatic nitrogens is 4. The van der Waals surface area contributed by atoms with Gasteiger partial charge in [0.1, 0.15) is 30.8 Å². The van der Waals surface area contributed by atoms with Crippen molar-refractivity contribution in [1.82, 2.24) is 29.3 Å². The number of hydrogen-bond acceptors (Lipinski definition) is 11. The molecule has 4 aromatic carbocycles. The van der Waals surface area contributed by atoms with E-state index in [0.29, 0.717) is 45.6 Å². The Bertz CT molecular complexity index is 3930. The van der Waals surface area contributed by atoms with Crippen LogP contribution in [0.15, 0.2) is 122 Å². The molecule has 0 spiro atoms. The van der Waals surface area contributed by atoms with E-state index in [1.807, 2.05) is 80.6 Å². The summed E-state index contributed by atoms with van der Waals surface area (Å²) in [6.07, 6.45) is 13.8. The molecule has 440 valence electrons. The number of carboxylic acid groups (broad SMARTS) is 1. The minimum Gasteiger partial charge on any atom is -0.480 e. The highest BCUT2D eigenvalue weighted by atomic mass is 35.5. The number of primary amides is 2. The van der Waals surface area contributed by atoms with Gasteiger partial charge >= 0.3 is 5.97 Å². The first-order valence-corrected chi connectivity index (χ1v) is 29.5. The second kappa shape index (κ2) is 26.2. The van der Waals surface area contributed by atoms with E-state index in [4.69, 9.17) is 16.6 Å². The SMILES string of the molecule is Cc1cccc(NC(=O)[C@@H]2C3CCC(C3)N2C(=O)Cn2cc(C(N)=O)c3cc(-c4ccc5c(c4)CC5)ccc32)n1.Cc1cccc(NC(=O)[C@H]2NC3CCC2C3)n1.Cl.NC(=O)c1cn(CC(=O)O)c2ccc(-c3ccc4c(c3)CC4)cc12.S.S=S. The average Bonchev–Trinajstić information content (AvgIpc) is 2.52. The summed E-state index contributed by atoms with van der Waals surface area (Å²) in [7, 11) is 0. The minimum atomic E-state index is -0.964. The van der Waals surface area contributed by atoms with Crippen LogP contribution in [0.5, 0.6) is 0 Å². The van der Waals surface area contributed by atoms with Crippen LogP contribution >= 0.6 is 25.9 Å². The summed E-state index contributed by atoms with van der Waals surface area (Å²) < 4.78 is 3.33. The second-order valence-electron chi connectivity index (χ2n) is 22.6. The number of likely N-dealkylation sites (tertiary alicyclic amines) is 1. The Hall–Kier alpha value is -7.88. The molecule has 21 heteroatoms. The molecule has 4 fully saturated rings. The van der Waals surface area contributed by atoms with E-state index in [0.717, 1.165) is 95.9 Å². The van der Waals surface area contributed by atoms with E-state index < -0.39 is 23.8 Å². The number of nitrogens with zero attached hydrogens (tertiary/aromatic N) is 5. The molecule has 14 rings (SSSR count). The number of fused-ring (bicyclic) bond motifs is 8. The molecule has 4 bridgehead atoms. The third kappa shape index (κ3) is 12.9. The smallest absolute Gasteiger partial charge is 0.323 e. The number of rotatable bonds is 12. The summed E-state index contributed by atoms with van der Waals surface area (Å²) in [4.78, 5) is 84.9. The average molecular weight is 1220 g/mol. The molecule has 8 N–H and O–H groups in total. The van der Waals surface area contributed by atoms with Gasteiger partial charge in [0.2, 0.25) is 17.7 Å². The molecule has 4 aliphatic carbocycles. The molecular weight excluding hydrogens is 1150 g/mol. The van der Waals surface area contributed by atoms with Gasteiger partial charge in [-0.3, -0.25) is 28.8 Å². The number of nitrogens with one attached hydrogen (secondary N) is 3. The van der Waals surface area contributed by atoms with Gasteiger partial charge in [-0.1, -0.05) is 60.7 Å². The summed E-state index contributed by atoms with van der Waals surface area (Å²) in [6, 6.07) is 35.8. The van der Waals surface area contributed by atoms with Gasteiger partial charge in [-0.2, -0.15) is 13.5 Å². The Morgan fingerprint density at radius 3 is 1.53 bits per heavy atom. The Morgan fingerprint density at radius 1 is 0.600 bits per heavy atom. The van der Waals surface area contributed by atoms with Crippen LogP contribution in [0, 0.1) is 25.7 Å². The summed E-state index contributed by atoms with van der Waals surface area (Å²) in [5.74, 6) is -0.527. The fraction of sp³-hybridized carbons (Fsp3) is 0.312. The summed E-state index contributed by atoms with van der Waals surface area (Å²) in [5, 5.41) is 19.7. The molecule has 2 saturated heterocycles. The van der Waals surface area contributed by atoms with Crippen molar-refractivity contribution in [3.8, 4) is 22.3 Å². The van der Waals surface area contributed by atoms with Crippen molar-refractivity contribution >= 4 is 117 Å². The van der Waals surface area contributed by atoms with E-state index in [1.165, 1.54) is 41.3 Å². The van der Waals surface area contributed by atoms with E-state index in [1.54, 1.807) is 26.3 Å². The molecule has 4 unspecified atom stereocenters. The van der Waals surface area contributed by atoms with Crippen molar-refractivity contribution < 1.29 is 33.9 Å². The van der Waals surface area contributed by atoms with Gasteiger partial charge in [0.05, 0.1) is 17.2 Å². The first-order valence-electron chi connectivity index (χ1n) is 28.1. The molecule has 0 radical (unpaired) electrons. The maximum atomic E-state index is 13.8. The van der Waals surface area contributed by atoms with Crippen molar-refractivity contribution in [2.45, 2.75) is 115 Å². The van der Waals surface area contributed by atoms with E-state index in [2.05, 4.69) is 84.7 Å². The van der Waals surface area contributed by atoms with Crippen LogP contribution < -0.4 is 27.4 Å². The zero-order chi connectivity index (χ0) is 58.2. The van der Waals surface area contributed by atoms with Gasteiger partial charge in [-0.05, 0) is 183 Å². The normalized spacial score (nSPS) is 19.5. The van der Waals surface area contributed by atoms with Crippen LogP contribution in [0.1, 0.15) is 92.9 Å². The lowest BCUT2D eigenvalue weighted by Gasteiger charge is -2.34. The Kier molecular flexibility index (Phi) is 19.0. The summed E-state index contributed by atoms with van der Waals surface area (Å²) in [6.45, 7) is 3.61. The van der Waals surface area contributed by atoms with Crippen LogP contribution in [-0.4, -0.2) is 88.8 Å². The first-order chi connectivity index (χ1) is 40.1. The molecule has 6 atom stereocenters. The van der Waals surface area contributed by atoms with Crippen LogP contribution in [-0.2, 0) is 80.3 Å². The lowest BCUT2D eigenvalue weighted by Crippen LogP contribution is -2.51. The van der Waals surface area contributed by atoms with Crippen LogP contribution in [0.4, 0.5) is 11.6 Å². The van der Waals surface area contributed by atoms with Crippen LogP contribution in [0.2, 0.25) is 0 Å². The number of carboxylic acids is 1. The number of amides is 5. The monoisotopic (exact) mass is 1220 g/mol. The maximum absolute atomic E-state index is 13.8. The number of nitrogens with two attached hydrogens (primary N) is 2. The number of halogens is 1. The molecular formula is C64H67ClN10O7S3. The molecule has 8 aromatic rings. The zero-order valence-electron chi connectivity index (χ0n) is 47.0. The molecule has 6 heterocycles.